The van der Waals surface area contributed by atoms with Crippen LogP contribution < -0.4 is 31.2 Å². The highest BCUT2D eigenvalue weighted by Gasteiger charge is 2.27. The molecule has 51 heavy (non-hydrogen) atoms. The smallest absolute Gasteiger partial charge is 0.178 e. The first-order valence-corrected chi connectivity index (χ1v) is 18.3. The van der Waals surface area contributed by atoms with Gasteiger partial charge in [-0.1, -0.05) is 72.8 Å². The monoisotopic (exact) mass is 716 g/mol. The van der Waals surface area contributed by atoms with Crippen molar-refractivity contribution in [2.45, 2.75) is 17.9 Å². The second-order valence-electron chi connectivity index (χ2n) is 11.6. The molecule has 0 radical (unpaired) electrons. The zero-order valence-corrected chi connectivity index (χ0v) is 29.4. The first-order valence-electron chi connectivity index (χ1n) is 16.5. The standard InChI is InChI=1S/C41H40N4O4S2/c46-40(26-24-38-14-7-30-50-38,44-42-34-10-3-1-4-11-34)32-16-20-36(21-17-32)48-28-9-29-49-37-22-18-33(19-23-37)41(47,27-25-39-15-8-31-51-39)45-43-35-12-5-2-6-13-35/h1-8,10-27,30-31,42-47H,9,28-29H2/b26-24+,27-25+. The first kappa shape index (κ1) is 35.6. The van der Waals surface area contributed by atoms with Crippen LogP contribution in [-0.2, 0) is 11.4 Å². The normalized spacial score (nSPS) is 13.8. The van der Waals surface area contributed by atoms with Crippen molar-refractivity contribution in [2.24, 2.45) is 0 Å². The van der Waals surface area contributed by atoms with Crippen LogP contribution in [0.15, 0.2) is 156 Å². The maximum absolute atomic E-state index is 11.7. The number of anilines is 2. The number of ether oxygens (including phenoxy) is 2. The molecule has 260 valence electrons. The molecular formula is C41H40N4O4S2. The molecule has 0 spiro atoms. The van der Waals surface area contributed by atoms with Gasteiger partial charge >= 0.3 is 0 Å². The Balaban J connectivity index is 1.01. The van der Waals surface area contributed by atoms with Gasteiger partial charge in [-0.2, -0.15) is 10.9 Å². The van der Waals surface area contributed by atoms with E-state index in [1.54, 1.807) is 34.8 Å². The minimum absolute atomic E-state index is 0.454. The molecule has 6 N–H and O–H groups in total. The quantitative estimate of drug-likeness (QED) is 0.0299. The van der Waals surface area contributed by atoms with Gasteiger partial charge in [-0.05, 0) is 95.7 Å². The van der Waals surface area contributed by atoms with Crippen LogP contribution >= 0.6 is 22.7 Å². The lowest BCUT2D eigenvalue weighted by Gasteiger charge is -2.28. The zero-order valence-electron chi connectivity index (χ0n) is 27.8. The summed E-state index contributed by atoms with van der Waals surface area (Å²) in [5.41, 5.74) is 12.3. The fraction of sp³-hybridized carbons (Fsp3) is 0.122. The Morgan fingerprint density at radius 1 is 0.510 bits per heavy atom. The van der Waals surface area contributed by atoms with Crippen LogP contribution in [0.5, 0.6) is 11.5 Å². The number of nitrogens with one attached hydrogen (secondary N) is 4. The summed E-state index contributed by atoms with van der Waals surface area (Å²) < 4.78 is 12.0. The van der Waals surface area contributed by atoms with Crippen LogP contribution in [0.2, 0.25) is 0 Å². The molecule has 2 heterocycles. The lowest BCUT2D eigenvalue weighted by molar-refractivity contribution is 0.0601. The second-order valence-corrected chi connectivity index (χ2v) is 13.5. The molecule has 0 saturated carbocycles. The summed E-state index contributed by atoms with van der Waals surface area (Å²) in [6.45, 7) is 0.909. The van der Waals surface area contributed by atoms with E-state index in [1.165, 1.54) is 0 Å². The topological polar surface area (TPSA) is 107 Å². The lowest BCUT2D eigenvalue weighted by Crippen LogP contribution is -2.44. The number of benzene rings is 4. The van der Waals surface area contributed by atoms with Gasteiger partial charge in [0.05, 0.1) is 13.2 Å². The molecule has 10 heteroatoms. The maximum Gasteiger partial charge on any atom is 0.178 e. The number of aliphatic hydroxyl groups is 2. The number of para-hydroxylation sites is 2. The average molecular weight is 717 g/mol. The average Bonchev–Trinajstić information content (AvgIpc) is 3.91. The van der Waals surface area contributed by atoms with Crippen LogP contribution in [-0.4, -0.2) is 23.4 Å². The van der Waals surface area contributed by atoms with Gasteiger partial charge in [0.1, 0.15) is 11.5 Å². The summed E-state index contributed by atoms with van der Waals surface area (Å²) in [5, 5.41) is 27.3. The molecule has 4 aromatic carbocycles. The molecule has 2 aromatic heterocycles. The van der Waals surface area contributed by atoms with Crippen molar-refractivity contribution in [3.8, 4) is 11.5 Å². The summed E-state index contributed by atoms with van der Waals surface area (Å²) in [6, 6.07) is 41.9. The van der Waals surface area contributed by atoms with Gasteiger partial charge in [0, 0.05) is 38.7 Å². The maximum atomic E-state index is 11.7. The van der Waals surface area contributed by atoms with Crippen molar-refractivity contribution in [3.05, 3.63) is 177 Å². The van der Waals surface area contributed by atoms with E-state index in [0.717, 1.165) is 21.1 Å². The Bertz CT molecular complexity index is 1790. The summed E-state index contributed by atoms with van der Waals surface area (Å²) in [4.78, 5) is 2.06. The van der Waals surface area contributed by atoms with E-state index >= 15 is 0 Å². The van der Waals surface area contributed by atoms with Gasteiger partial charge in [0.2, 0.25) is 0 Å². The van der Waals surface area contributed by atoms with E-state index in [1.807, 2.05) is 156 Å². The van der Waals surface area contributed by atoms with Crippen molar-refractivity contribution >= 4 is 46.2 Å². The number of rotatable bonds is 18. The van der Waals surface area contributed by atoms with Gasteiger partial charge in [-0.25, -0.2) is 0 Å². The van der Waals surface area contributed by atoms with Gasteiger partial charge in [0.15, 0.2) is 11.4 Å². The molecule has 0 bridgehead atoms. The Kier molecular flexibility index (Phi) is 12.3. The van der Waals surface area contributed by atoms with Gasteiger partial charge in [0.25, 0.3) is 0 Å². The molecule has 0 aliphatic carbocycles. The summed E-state index contributed by atoms with van der Waals surface area (Å²) in [6.07, 6.45) is 7.91. The third-order valence-electron chi connectivity index (χ3n) is 7.82. The van der Waals surface area contributed by atoms with Crippen LogP contribution in [0, 0.1) is 0 Å². The molecule has 6 rings (SSSR count). The second kappa shape index (κ2) is 17.6. The van der Waals surface area contributed by atoms with E-state index in [2.05, 4.69) is 21.7 Å². The third-order valence-corrected chi connectivity index (χ3v) is 9.50. The predicted molar refractivity (Wildman–Crippen MR) is 209 cm³/mol. The number of hydrazine groups is 2. The first-order chi connectivity index (χ1) is 25.0. The molecule has 0 saturated heterocycles. The van der Waals surface area contributed by atoms with Gasteiger partial charge in [-0.15, -0.1) is 22.7 Å². The molecule has 0 aliphatic heterocycles. The van der Waals surface area contributed by atoms with E-state index in [4.69, 9.17) is 9.47 Å². The number of hydrogen-bond acceptors (Lipinski definition) is 10. The fourth-order valence-corrected chi connectivity index (χ4v) is 6.26. The molecule has 6 aromatic rings. The van der Waals surface area contributed by atoms with Crippen molar-refractivity contribution < 1.29 is 19.7 Å². The summed E-state index contributed by atoms with van der Waals surface area (Å²) in [7, 11) is 0. The minimum Gasteiger partial charge on any atom is -0.493 e. The largest absolute Gasteiger partial charge is 0.493 e. The Hall–Kier alpha value is -5.20. The van der Waals surface area contributed by atoms with Crippen molar-refractivity contribution in [2.75, 3.05) is 24.1 Å². The summed E-state index contributed by atoms with van der Waals surface area (Å²) >= 11 is 3.20. The SMILES string of the molecule is OC(/C=C/c1cccs1)(NNc1ccccc1)c1ccc(OCCCOc2ccc(C(O)(/C=C/c3cccs3)NNc3ccccc3)cc2)cc1. The van der Waals surface area contributed by atoms with E-state index < -0.39 is 11.4 Å². The molecule has 2 atom stereocenters. The Labute approximate surface area is 306 Å². The lowest BCUT2D eigenvalue weighted by atomic mass is 10.0. The molecule has 0 fully saturated rings. The van der Waals surface area contributed by atoms with Crippen molar-refractivity contribution in [1.29, 1.82) is 0 Å². The summed E-state index contributed by atoms with van der Waals surface area (Å²) in [5.74, 6) is 1.38. The minimum atomic E-state index is -1.48. The molecular weight excluding hydrogens is 677 g/mol. The molecule has 2 unspecified atom stereocenters. The van der Waals surface area contributed by atoms with Crippen LogP contribution in [0.3, 0.4) is 0 Å². The van der Waals surface area contributed by atoms with Crippen molar-refractivity contribution in [1.82, 2.24) is 10.9 Å². The van der Waals surface area contributed by atoms with Gasteiger partial charge in [-0.3, -0.25) is 0 Å². The Morgan fingerprint density at radius 2 is 0.922 bits per heavy atom. The van der Waals surface area contributed by atoms with E-state index in [9.17, 15) is 10.2 Å². The highest BCUT2D eigenvalue weighted by molar-refractivity contribution is 7.11. The zero-order chi connectivity index (χ0) is 35.2. The van der Waals surface area contributed by atoms with E-state index in [-0.39, 0.29) is 0 Å². The van der Waals surface area contributed by atoms with Crippen LogP contribution in [0.4, 0.5) is 11.4 Å². The molecule has 8 nitrogen and oxygen atoms in total. The van der Waals surface area contributed by atoms with E-state index in [0.29, 0.717) is 42.3 Å². The van der Waals surface area contributed by atoms with Crippen molar-refractivity contribution in [3.63, 3.8) is 0 Å². The fourth-order valence-electron chi connectivity index (χ4n) is 5.03. The predicted octanol–water partition coefficient (Wildman–Crippen LogP) is 8.61. The Morgan fingerprint density at radius 3 is 1.29 bits per heavy atom. The van der Waals surface area contributed by atoms with Gasteiger partial charge < -0.3 is 30.5 Å². The van der Waals surface area contributed by atoms with Crippen LogP contribution in [0.1, 0.15) is 27.3 Å². The molecule has 0 aliphatic rings. The van der Waals surface area contributed by atoms with Crippen LogP contribution in [0.25, 0.3) is 12.2 Å². The number of hydrogen-bond donors (Lipinski definition) is 6. The highest BCUT2D eigenvalue weighted by atomic mass is 32.1. The number of thiophene rings is 2. The highest BCUT2D eigenvalue weighted by Crippen LogP contribution is 2.27. The third kappa shape index (κ3) is 10.4. The molecule has 0 amide bonds.